The molecule has 1 aliphatic carbocycles. The van der Waals surface area contributed by atoms with Crippen LogP contribution in [-0.4, -0.2) is 9.52 Å². The summed E-state index contributed by atoms with van der Waals surface area (Å²) in [5.74, 6) is 0.760. The Balaban J connectivity index is 0. The summed E-state index contributed by atoms with van der Waals surface area (Å²) < 4.78 is 1.69. The fourth-order valence-corrected chi connectivity index (χ4v) is 9.31. The van der Waals surface area contributed by atoms with Crippen molar-refractivity contribution in [3.63, 3.8) is 0 Å². The van der Waals surface area contributed by atoms with Crippen LogP contribution in [0.15, 0.2) is 50.6 Å². The second-order valence-electron chi connectivity index (χ2n) is 11.5. The van der Waals surface area contributed by atoms with Crippen LogP contribution in [0.3, 0.4) is 0 Å². The Kier molecular flexibility index (Phi) is 29.2. The van der Waals surface area contributed by atoms with E-state index in [0.29, 0.717) is 0 Å². The molecule has 1 unspecified atom stereocenters. The quantitative estimate of drug-likeness (QED) is 0.130. The zero-order valence-corrected chi connectivity index (χ0v) is 30.7. The van der Waals surface area contributed by atoms with Crippen molar-refractivity contribution in [2.45, 2.75) is 149 Å². The number of hydrogen-bond acceptors (Lipinski definition) is 0. The Hall–Kier alpha value is 0.501. The van der Waals surface area contributed by atoms with Gasteiger partial charge in [0.05, 0.1) is 0 Å². The van der Waals surface area contributed by atoms with Crippen LogP contribution in [-0.2, 0) is 20.4 Å². The summed E-state index contributed by atoms with van der Waals surface area (Å²) in [6.45, 7) is 7.11. The second-order valence-corrected chi connectivity index (χ2v) is 14.2. The van der Waals surface area contributed by atoms with Gasteiger partial charge in [-0.15, -0.1) is 0 Å². The molecule has 0 nitrogen and oxygen atoms in total. The van der Waals surface area contributed by atoms with Gasteiger partial charge in [-0.2, -0.15) is 0 Å². The third-order valence-corrected chi connectivity index (χ3v) is 12.0. The number of halogens is 3. The summed E-state index contributed by atoms with van der Waals surface area (Å²) >= 11 is 2.45. The number of hydrogen-bond donors (Lipinski definition) is 0. The first-order valence-electron chi connectivity index (χ1n) is 15.9. The fraction of sp³-hybridized carbons (Fsp3) is 0.706. The van der Waals surface area contributed by atoms with Crippen LogP contribution < -0.4 is 42.4 Å². The van der Waals surface area contributed by atoms with Crippen molar-refractivity contribution in [3.8, 4) is 0 Å². The van der Waals surface area contributed by atoms with Crippen molar-refractivity contribution in [1.82, 2.24) is 0 Å². The molecule has 0 bridgehead atoms. The van der Waals surface area contributed by atoms with E-state index in [1.165, 1.54) is 128 Å². The topological polar surface area (TPSA) is 0 Å². The molecule has 1 aromatic rings. The van der Waals surface area contributed by atoms with E-state index in [9.17, 15) is 0 Å². The molecule has 0 amide bonds. The molecular weight excluding hydrogens is 591 g/mol. The molecule has 2 rings (SSSR count). The third kappa shape index (κ3) is 17.3. The minimum atomic E-state index is -0.346. The van der Waals surface area contributed by atoms with Crippen LogP contribution in [0.1, 0.15) is 149 Å². The van der Waals surface area contributed by atoms with E-state index < -0.39 is 0 Å². The van der Waals surface area contributed by atoms with Crippen molar-refractivity contribution in [2.24, 2.45) is 5.92 Å². The predicted molar refractivity (Wildman–Crippen MR) is 162 cm³/mol. The van der Waals surface area contributed by atoms with Gasteiger partial charge in [-0.1, -0.05) is 58.3 Å². The third-order valence-electron chi connectivity index (χ3n) is 8.41. The molecule has 0 N–H and O–H groups in total. The van der Waals surface area contributed by atoms with Crippen LogP contribution in [0.4, 0.5) is 0 Å². The Labute approximate surface area is 276 Å². The Morgan fingerprint density at radius 3 is 1.51 bits per heavy atom. The molecule has 0 radical (unpaired) electrons. The van der Waals surface area contributed by atoms with Gasteiger partial charge in [0.2, 0.25) is 0 Å². The average molecular weight is 648 g/mol. The normalized spacial score (nSPS) is 15.1. The Bertz CT molecular complexity index is 763. The first-order chi connectivity index (χ1) is 17.7. The van der Waals surface area contributed by atoms with Crippen molar-refractivity contribution < 1.29 is 57.7 Å². The largest absolute Gasteiger partial charge is 1.00 e. The number of benzene rings is 1. The molecule has 222 valence electrons. The summed E-state index contributed by atoms with van der Waals surface area (Å²) in [6, 6.07) is 11.4. The van der Waals surface area contributed by atoms with Crippen molar-refractivity contribution in [1.29, 1.82) is 0 Å². The molecule has 5 heteroatoms. The second kappa shape index (κ2) is 27.3. The maximum Gasteiger partial charge on any atom is -1.00 e. The van der Waals surface area contributed by atoms with Crippen LogP contribution >= 0.6 is 0 Å². The first kappa shape index (κ1) is 41.6. The van der Waals surface area contributed by atoms with Crippen LogP contribution in [0, 0.1) is 5.92 Å². The first-order valence-corrected chi connectivity index (χ1v) is 18.1. The van der Waals surface area contributed by atoms with Gasteiger partial charge in [-0.25, -0.2) is 0 Å². The molecule has 0 aromatic heterocycles. The fourth-order valence-electron chi connectivity index (χ4n) is 6.03. The van der Waals surface area contributed by atoms with E-state index in [-0.39, 0.29) is 46.7 Å². The molecule has 39 heavy (non-hydrogen) atoms. The van der Waals surface area contributed by atoms with Crippen molar-refractivity contribution >= 4 is 14.7 Å². The standard InChI is InChI=1S/C34H57Si.3ClH.Ti/c1-4-6-8-9-10-11-12-13-14-15-16-17-18-19-20-24-28-33-30(3)31(25-7-5-2)29-34(33)35-32-26-22-21-23-27-32;;;;/h21-23,26-27,33H,4-20,24-25,28,35H2,1-3H3;3*1H;/q;;;;+3/p-3. The Morgan fingerprint density at radius 2 is 1.05 bits per heavy atom. The molecule has 1 atom stereocenters. The van der Waals surface area contributed by atoms with Crippen molar-refractivity contribution in [3.05, 3.63) is 50.6 Å². The minimum absolute atomic E-state index is 0. The minimum Gasteiger partial charge on any atom is -1.00 e. The van der Waals surface area contributed by atoms with Crippen molar-refractivity contribution in [2.75, 3.05) is 0 Å². The molecule has 0 saturated carbocycles. The van der Waals surface area contributed by atoms with Gasteiger partial charge in [-0.05, 0) is 0 Å². The van der Waals surface area contributed by atoms with Gasteiger partial charge in [0.1, 0.15) is 0 Å². The van der Waals surface area contributed by atoms with E-state index in [1.54, 1.807) is 20.2 Å². The summed E-state index contributed by atoms with van der Waals surface area (Å²) in [5, 5.41) is 3.49. The van der Waals surface area contributed by atoms with E-state index in [4.69, 9.17) is 0 Å². The number of allylic oxidation sites excluding steroid dienone is 4. The van der Waals surface area contributed by atoms with Crippen LogP contribution in [0.2, 0.25) is 0 Å². The summed E-state index contributed by atoms with van der Waals surface area (Å²) in [4.78, 5) is 0. The molecule has 0 aliphatic heterocycles. The monoisotopic (exact) mass is 646 g/mol. The number of unbranched alkanes of at least 4 members (excludes halogenated alkanes) is 16. The van der Waals surface area contributed by atoms with Crippen LogP contribution in [0.25, 0.3) is 0 Å². The van der Waals surface area contributed by atoms with Crippen LogP contribution in [0.5, 0.6) is 0 Å². The molecule has 0 saturated heterocycles. The van der Waals surface area contributed by atoms with Gasteiger partial charge in [0, 0.05) is 0 Å². The number of rotatable bonds is 22. The summed E-state index contributed by atoms with van der Waals surface area (Å²) in [5.41, 5.74) is 3.47. The average Bonchev–Trinajstić information content (AvgIpc) is 3.11. The summed E-state index contributed by atoms with van der Waals surface area (Å²) in [7, 11) is -0.346. The van der Waals surface area contributed by atoms with Gasteiger partial charge < -0.3 is 37.2 Å². The molecule has 0 fully saturated rings. The Morgan fingerprint density at radius 1 is 0.615 bits per heavy atom. The van der Waals surface area contributed by atoms with E-state index in [1.807, 2.05) is 5.20 Å². The molecule has 0 heterocycles. The maximum absolute atomic E-state index is 2.47. The van der Waals surface area contributed by atoms with Gasteiger partial charge in [0.15, 0.2) is 0 Å². The zero-order valence-electron chi connectivity index (χ0n) is 25.4. The zero-order chi connectivity index (χ0) is 25.8. The SMILES string of the molecule is CCCCCCCCCCCCCCCCCCC1C(C)=C(CCCC)[C]([Ti+3])=C1[SiH2]c1ccccc1.[Cl-].[Cl-].[Cl-]. The van der Waals surface area contributed by atoms with Gasteiger partial charge >= 0.3 is 183 Å². The van der Waals surface area contributed by atoms with E-state index >= 15 is 0 Å². The predicted octanol–water partition coefficient (Wildman–Crippen LogP) is 1.04. The maximum atomic E-state index is 2.47. The van der Waals surface area contributed by atoms with Gasteiger partial charge in [-0.3, -0.25) is 0 Å². The molecule has 0 spiro atoms. The van der Waals surface area contributed by atoms with E-state index in [0.717, 1.165) is 5.92 Å². The smallest absolute Gasteiger partial charge is 1.00 e. The molecular formula is C34H57Cl3SiTi. The molecule has 1 aliphatic rings. The summed E-state index contributed by atoms with van der Waals surface area (Å²) in [6.07, 6.45) is 28.6. The van der Waals surface area contributed by atoms with Gasteiger partial charge in [0.25, 0.3) is 0 Å². The molecule has 1 aromatic carbocycles. The van der Waals surface area contributed by atoms with E-state index in [2.05, 4.69) is 71.5 Å².